The van der Waals surface area contributed by atoms with Crippen molar-refractivity contribution in [3.63, 3.8) is 0 Å². The maximum Gasteiger partial charge on any atom is 0.335 e. The van der Waals surface area contributed by atoms with Gasteiger partial charge in [0.25, 0.3) is 12.0 Å². The Morgan fingerprint density at radius 3 is 2.52 bits per heavy atom. The second kappa shape index (κ2) is 7.85. The number of nitrogens with one attached hydrogen (secondary N) is 1. The fourth-order valence-electron chi connectivity index (χ4n) is 2.26. The maximum atomic E-state index is 13.6. The molecule has 0 aliphatic heterocycles. The molecule has 25 heavy (non-hydrogen) atoms. The highest BCUT2D eigenvalue weighted by Gasteiger charge is 2.26. The van der Waals surface area contributed by atoms with Gasteiger partial charge in [-0.3, -0.25) is 9.36 Å². The summed E-state index contributed by atoms with van der Waals surface area (Å²) in [5.41, 5.74) is 0.727. The lowest BCUT2D eigenvalue weighted by Crippen LogP contribution is -2.39. The van der Waals surface area contributed by atoms with Crippen molar-refractivity contribution in [2.24, 2.45) is 7.05 Å². The number of hydrogen-bond acceptors (Lipinski definition) is 4. The van der Waals surface area contributed by atoms with E-state index in [1.54, 1.807) is 0 Å². The molecule has 1 atom stereocenters. The molecular weight excluding hydrogens is 363 g/mol. The minimum absolute atomic E-state index is 0.168. The molecule has 6 nitrogen and oxygen atoms in total. The monoisotopic (exact) mass is 377 g/mol. The van der Waals surface area contributed by atoms with E-state index in [1.807, 2.05) is 0 Å². The van der Waals surface area contributed by atoms with E-state index in [2.05, 4.69) is 5.48 Å². The van der Waals surface area contributed by atoms with Gasteiger partial charge in [0.2, 0.25) is 6.17 Å². The summed E-state index contributed by atoms with van der Waals surface area (Å²) in [6.07, 6.45) is -6.07. The Morgan fingerprint density at radius 1 is 1.24 bits per heavy atom. The summed E-state index contributed by atoms with van der Waals surface area (Å²) in [4.78, 5) is 29.3. The molecule has 0 aliphatic rings. The van der Waals surface area contributed by atoms with Gasteiger partial charge in [-0.15, -0.1) is 0 Å². The van der Waals surface area contributed by atoms with Crippen LogP contribution < -0.4 is 16.7 Å². The molecule has 0 radical (unpaired) electrons. The van der Waals surface area contributed by atoms with Gasteiger partial charge in [-0.2, -0.15) is 5.48 Å². The van der Waals surface area contributed by atoms with Crippen molar-refractivity contribution in [1.82, 2.24) is 14.6 Å². The maximum absolute atomic E-state index is 13.6. The SMILES string of the molecule is CONCc1cc(-n2c(=O)cc(C(F)C(F)F)n(C)c2=O)ccc1Cl. The van der Waals surface area contributed by atoms with E-state index in [1.165, 1.54) is 25.3 Å². The van der Waals surface area contributed by atoms with Crippen molar-refractivity contribution in [2.75, 3.05) is 7.11 Å². The van der Waals surface area contributed by atoms with Gasteiger partial charge in [0.15, 0.2) is 0 Å². The summed E-state index contributed by atoms with van der Waals surface area (Å²) < 4.78 is 40.1. The van der Waals surface area contributed by atoms with Crippen LogP contribution in [0.25, 0.3) is 5.69 Å². The van der Waals surface area contributed by atoms with E-state index in [0.29, 0.717) is 21.2 Å². The summed E-state index contributed by atoms with van der Waals surface area (Å²) in [7, 11) is 2.53. The van der Waals surface area contributed by atoms with E-state index in [4.69, 9.17) is 16.4 Å². The van der Waals surface area contributed by atoms with Crippen LogP contribution in [0.3, 0.4) is 0 Å². The van der Waals surface area contributed by atoms with Crippen LogP contribution in [0.15, 0.2) is 33.9 Å². The highest BCUT2D eigenvalue weighted by atomic mass is 35.5. The molecule has 1 unspecified atom stereocenters. The van der Waals surface area contributed by atoms with Crippen molar-refractivity contribution in [2.45, 2.75) is 19.1 Å². The number of benzene rings is 1. The Labute approximate surface area is 145 Å². The van der Waals surface area contributed by atoms with E-state index in [0.717, 1.165) is 11.6 Å². The molecule has 10 heteroatoms. The first-order valence-electron chi connectivity index (χ1n) is 7.07. The Kier molecular flexibility index (Phi) is 6.04. The summed E-state index contributed by atoms with van der Waals surface area (Å²) in [5, 5.41) is 0.372. The molecule has 2 aromatic rings. The van der Waals surface area contributed by atoms with Crippen molar-refractivity contribution < 1.29 is 18.0 Å². The fraction of sp³-hybridized carbons (Fsp3) is 0.333. The van der Waals surface area contributed by atoms with Crippen LogP contribution in [0.1, 0.15) is 17.4 Å². The van der Waals surface area contributed by atoms with Crippen LogP contribution in [0.2, 0.25) is 5.02 Å². The van der Waals surface area contributed by atoms with Crippen LogP contribution in [-0.2, 0) is 18.4 Å². The average Bonchev–Trinajstić information content (AvgIpc) is 2.57. The van der Waals surface area contributed by atoms with Gasteiger partial charge in [-0.1, -0.05) is 11.6 Å². The fourth-order valence-corrected chi connectivity index (χ4v) is 2.44. The minimum atomic E-state index is -3.34. The number of nitrogens with zero attached hydrogens (tertiary/aromatic N) is 2. The summed E-state index contributed by atoms with van der Waals surface area (Å²) >= 11 is 6.03. The van der Waals surface area contributed by atoms with Gasteiger partial charge < -0.3 is 4.84 Å². The van der Waals surface area contributed by atoms with Gasteiger partial charge in [0.1, 0.15) is 0 Å². The van der Waals surface area contributed by atoms with E-state index in [-0.39, 0.29) is 12.2 Å². The van der Waals surface area contributed by atoms with Crippen molar-refractivity contribution >= 4 is 11.6 Å². The van der Waals surface area contributed by atoms with Crippen LogP contribution >= 0.6 is 11.6 Å². The molecule has 0 spiro atoms. The van der Waals surface area contributed by atoms with Gasteiger partial charge in [-0.25, -0.2) is 22.5 Å². The van der Waals surface area contributed by atoms with Gasteiger partial charge >= 0.3 is 5.69 Å². The lowest BCUT2D eigenvalue weighted by atomic mass is 10.2. The number of rotatable bonds is 6. The minimum Gasteiger partial charge on any atom is -0.305 e. The zero-order valence-corrected chi connectivity index (χ0v) is 14.1. The topological polar surface area (TPSA) is 65.3 Å². The Balaban J connectivity index is 2.60. The van der Waals surface area contributed by atoms with Crippen LogP contribution in [0, 0.1) is 0 Å². The van der Waals surface area contributed by atoms with Crippen LogP contribution in [-0.4, -0.2) is 22.7 Å². The third kappa shape index (κ3) is 3.94. The number of alkyl halides is 3. The third-order valence-corrected chi connectivity index (χ3v) is 3.92. The predicted molar refractivity (Wildman–Crippen MR) is 86.0 cm³/mol. The quantitative estimate of drug-likeness (QED) is 0.783. The summed E-state index contributed by atoms with van der Waals surface area (Å²) in [6.45, 7) is 0.203. The third-order valence-electron chi connectivity index (χ3n) is 3.56. The highest BCUT2D eigenvalue weighted by Crippen LogP contribution is 2.23. The van der Waals surface area contributed by atoms with E-state index in [9.17, 15) is 22.8 Å². The molecule has 1 N–H and O–H groups in total. The van der Waals surface area contributed by atoms with E-state index >= 15 is 0 Å². The van der Waals surface area contributed by atoms with Crippen molar-refractivity contribution in [3.8, 4) is 5.69 Å². The zero-order chi connectivity index (χ0) is 18.7. The van der Waals surface area contributed by atoms with Gasteiger partial charge in [0, 0.05) is 24.7 Å². The molecule has 0 saturated carbocycles. The first-order valence-corrected chi connectivity index (χ1v) is 7.45. The number of aromatic nitrogens is 2. The van der Waals surface area contributed by atoms with Crippen molar-refractivity contribution in [1.29, 1.82) is 0 Å². The molecule has 0 amide bonds. The van der Waals surface area contributed by atoms with Gasteiger partial charge in [0.05, 0.1) is 18.5 Å². The number of halogens is 4. The lowest BCUT2D eigenvalue weighted by molar-refractivity contribution is 0.0449. The molecule has 0 bridgehead atoms. The molecule has 1 aromatic carbocycles. The number of hydroxylamine groups is 1. The average molecular weight is 378 g/mol. The Morgan fingerprint density at radius 2 is 1.92 bits per heavy atom. The second-order valence-electron chi connectivity index (χ2n) is 5.12. The molecule has 0 aliphatic carbocycles. The summed E-state index contributed by atoms with van der Waals surface area (Å²) in [6, 6.07) is 5.04. The molecular formula is C15H15ClF3N3O3. The standard InChI is InChI=1S/C15H15ClF3N3O3/c1-21-11(13(17)14(18)19)6-12(23)22(15(21)24)9-3-4-10(16)8(5-9)7-20-25-2/h3-6,13-14,20H,7H2,1-2H3. The van der Waals surface area contributed by atoms with Gasteiger partial charge in [-0.05, 0) is 23.8 Å². The summed E-state index contributed by atoms with van der Waals surface area (Å²) in [5.74, 6) is 0. The molecule has 0 saturated heterocycles. The smallest absolute Gasteiger partial charge is 0.305 e. The van der Waals surface area contributed by atoms with E-state index < -0.39 is 29.5 Å². The van der Waals surface area contributed by atoms with Crippen LogP contribution in [0.4, 0.5) is 13.2 Å². The largest absolute Gasteiger partial charge is 0.335 e. The highest BCUT2D eigenvalue weighted by molar-refractivity contribution is 6.31. The second-order valence-corrected chi connectivity index (χ2v) is 5.53. The Bertz CT molecular complexity index is 883. The molecule has 1 aromatic heterocycles. The molecule has 1 heterocycles. The zero-order valence-electron chi connectivity index (χ0n) is 13.3. The molecule has 136 valence electrons. The first-order chi connectivity index (χ1) is 11.8. The molecule has 0 fully saturated rings. The van der Waals surface area contributed by atoms with Crippen LogP contribution in [0.5, 0.6) is 0 Å². The van der Waals surface area contributed by atoms with Crippen molar-refractivity contribution in [3.05, 3.63) is 61.4 Å². The first kappa shape index (κ1) is 19.2. The normalized spacial score (nSPS) is 12.6. The Hall–Kier alpha value is -2.10. The molecule has 2 rings (SSSR count). The number of hydrogen-bond donors (Lipinski definition) is 1. The lowest BCUT2D eigenvalue weighted by Gasteiger charge is -2.15. The predicted octanol–water partition coefficient (Wildman–Crippen LogP) is 2.12.